The second kappa shape index (κ2) is 9.70. The molecule has 0 amide bonds. The number of hydrogen-bond donors (Lipinski definition) is 0. The van der Waals surface area contributed by atoms with Crippen LogP contribution in [0.1, 0.15) is 25.0 Å². The molecule has 0 spiro atoms. The molecule has 0 unspecified atom stereocenters. The van der Waals surface area contributed by atoms with E-state index in [4.69, 9.17) is 4.42 Å². The Morgan fingerprint density at radius 1 is 0.533 bits per heavy atom. The molecule has 0 saturated carbocycles. The van der Waals surface area contributed by atoms with Crippen LogP contribution in [0.5, 0.6) is 0 Å². The molecule has 1 aliphatic rings. The molecule has 9 rings (SSSR count). The maximum Gasteiger partial charge on any atom is 0.137 e. The average molecular weight is 578 g/mol. The largest absolute Gasteiger partial charge is 0.456 e. The molecule has 1 aromatic heterocycles. The van der Waals surface area contributed by atoms with Crippen molar-refractivity contribution in [2.24, 2.45) is 0 Å². The Bertz CT molecular complexity index is 2390. The van der Waals surface area contributed by atoms with Gasteiger partial charge in [0.15, 0.2) is 0 Å². The van der Waals surface area contributed by atoms with E-state index < -0.39 is 0 Å². The normalized spacial score (nSPS) is 13.3. The van der Waals surface area contributed by atoms with Crippen molar-refractivity contribution in [3.8, 4) is 22.3 Å². The summed E-state index contributed by atoms with van der Waals surface area (Å²) in [7, 11) is 0. The number of nitrogens with zero attached hydrogens (tertiary/aromatic N) is 1. The second-order valence-corrected chi connectivity index (χ2v) is 12.5. The first-order valence-corrected chi connectivity index (χ1v) is 15.6. The maximum absolute atomic E-state index is 6.67. The lowest BCUT2D eigenvalue weighted by Crippen LogP contribution is -2.16. The number of hydrogen-bond acceptors (Lipinski definition) is 2. The molecule has 0 atom stereocenters. The molecule has 2 heteroatoms. The van der Waals surface area contributed by atoms with Crippen molar-refractivity contribution < 1.29 is 4.42 Å². The number of furan rings is 1. The molecule has 0 N–H and O–H groups in total. The summed E-state index contributed by atoms with van der Waals surface area (Å²) in [5.41, 5.74) is 12.6. The van der Waals surface area contributed by atoms with Gasteiger partial charge in [0.05, 0.1) is 11.4 Å². The minimum atomic E-state index is -0.214. The van der Waals surface area contributed by atoms with E-state index in [9.17, 15) is 0 Å². The van der Waals surface area contributed by atoms with Crippen LogP contribution in [0.2, 0.25) is 0 Å². The van der Waals surface area contributed by atoms with Crippen molar-refractivity contribution in [2.75, 3.05) is 4.90 Å². The van der Waals surface area contributed by atoms with Gasteiger partial charge in [-0.05, 0) is 57.5 Å². The van der Waals surface area contributed by atoms with Gasteiger partial charge in [-0.15, -0.1) is 0 Å². The Morgan fingerprint density at radius 3 is 2.04 bits per heavy atom. The van der Waals surface area contributed by atoms with Gasteiger partial charge in [-0.3, -0.25) is 0 Å². The van der Waals surface area contributed by atoms with Crippen molar-refractivity contribution >= 4 is 49.8 Å². The Balaban J connectivity index is 1.40. The van der Waals surface area contributed by atoms with E-state index in [1.54, 1.807) is 0 Å². The van der Waals surface area contributed by atoms with Crippen molar-refractivity contribution in [3.63, 3.8) is 0 Å². The van der Waals surface area contributed by atoms with Gasteiger partial charge in [-0.2, -0.15) is 0 Å². The highest BCUT2D eigenvalue weighted by atomic mass is 16.3. The van der Waals surface area contributed by atoms with E-state index in [0.29, 0.717) is 0 Å². The highest BCUT2D eigenvalue weighted by Crippen LogP contribution is 2.58. The van der Waals surface area contributed by atoms with Crippen molar-refractivity contribution in [2.45, 2.75) is 19.3 Å². The first kappa shape index (κ1) is 25.9. The molecule has 214 valence electrons. The smallest absolute Gasteiger partial charge is 0.137 e. The fraction of sp³-hybridized carbons (Fsp3) is 0.0698. The van der Waals surface area contributed by atoms with Crippen LogP contribution in [0.3, 0.4) is 0 Å². The SMILES string of the molecule is CC1(C)c2ccccc2-c2c(N(c3ccc(-c4ccccc4)cc3)c3cccc4ccccc34)cc3oc4ccccc4c3c21. The van der Waals surface area contributed by atoms with Crippen molar-refractivity contribution in [1.82, 2.24) is 0 Å². The molecular weight excluding hydrogens is 546 g/mol. The lowest BCUT2D eigenvalue weighted by molar-refractivity contribution is 0.657. The van der Waals surface area contributed by atoms with Gasteiger partial charge in [-0.25, -0.2) is 0 Å². The second-order valence-electron chi connectivity index (χ2n) is 12.5. The molecule has 1 aliphatic carbocycles. The van der Waals surface area contributed by atoms with Gasteiger partial charge in [-0.1, -0.05) is 135 Å². The molecule has 2 nitrogen and oxygen atoms in total. The van der Waals surface area contributed by atoms with Crippen LogP contribution in [0, 0.1) is 0 Å². The summed E-state index contributed by atoms with van der Waals surface area (Å²) >= 11 is 0. The summed E-state index contributed by atoms with van der Waals surface area (Å²) in [6.07, 6.45) is 0. The number of fused-ring (bicyclic) bond motifs is 8. The summed E-state index contributed by atoms with van der Waals surface area (Å²) in [6, 6.07) is 54.5. The summed E-state index contributed by atoms with van der Waals surface area (Å²) in [5, 5.41) is 4.79. The van der Waals surface area contributed by atoms with Crippen LogP contribution in [0.4, 0.5) is 17.1 Å². The lowest BCUT2D eigenvalue weighted by Gasteiger charge is -2.30. The molecular formula is C43H31NO. The fourth-order valence-corrected chi connectivity index (χ4v) is 7.57. The van der Waals surface area contributed by atoms with Crippen LogP contribution in [-0.2, 0) is 5.41 Å². The topological polar surface area (TPSA) is 16.4 Å². The zero-order chi connectivity index (χ0) is 30.1. The van der Waals surface area contributed by atoms with Crippen LogP contribution in [-0.4, -0.2) is 0 Å². The number of benzene rings is 7. The van der Waals surface area contributed by atoms with E-state index in [-0.39, 0.29) is 5.41 Å². The fourth-order valence-electron chi connectivity index (χ4n) is 7.57. The third kappa shape index (κ3) is 3.82. The molecule has 8 aromatic rings. The minimum absolute atomic E-state index is 0.214. The van der Waals surface area contributed by atoms with E-state index in [1.165, 1.54) is 54.9 Å². The molecule has 45 heavy (non-hydrogen) atoms. The summed E-state index contributed by atoms with van der Waals surface area (Å²) in [6.45, 7) is 4.72. The highest BCUT2D eigenvalue weighted by Gasteiger charge is 2.41. The quantitative estimate of drug-likeness (QED) is 0.207. The lowest BCUT2D eigenvalue weighted by atomic mass is 9.80. The Hall–Kier alpha value is -5.60. The average Bonchev–Trinajstić information content (AvgIpc) is 3.57. The van der Waals surface area contributed by atoms with Crippen LogP contribution < -0.4 is 4.90 Å². The third-order valence-electron chi connectivity index (χ3n) is 9.62. The first-order valence-electron chi connectivity index (χ1n) is 15.6. The zero-order valence-corrected chi connectivity index (χ0v) is 25.3. The predicted octanol–water partition coefficient (Wildman–Crippen LogP) is 12.2. The maximum atomic E-state index is 6.67. The van der Waals surface area contributed by atoms with E-state index in [0.717, 1.165) is 28.2 Å². The minimum Gasteiger partial charge on any atom is -0.456 e. The van der Waals surface area contributed by atoms with Gasteiger partial charge in [0.1, 0.15) is 11.2 Å². The zero-order valence-electron chi connectivity index (χ0n) is 25.3. The molecule has 0 fully saturated rings. The molecule has 7 aromatic carbocycles. The van der Waals surface area contributed by atoms with Gasteiger partial charge in [0.2, 0.25) is 0 Å². The van der Waals surface area contributed by atoms with Gasteiger partial charge >= 0.3 is 0 Å². The Kier molecular flexibility index (Phi) is 5.58. The molecule has 0 radical (unpaired) electrons. The molecule has 0 aliphatic heterocycles. The van der Waals surface area contributed by atoms with Crippen molar-refractivity contribution in [3.05, 3.63) is 163 Å². The third-order valence-corrected chi connectivity index (χ3v) is 9.62. The van der Waals surface area contributed by atoms with E-state index in [1.807, 2.05) is 0 Å². The van der Waals surface area contributed by atoms with Gasteiger partial charge < -0.3 is 9.32 Å². The molecule has 0 bridgehead atoms. The van der Waals surface area contributed by atoms with Crippen molar-refractivity contribution in [1.29, 1.82) is 0 Å². The standard InChI is InChI=1S/C43H31NO/c1-43(2)35-20-10-8-18-33(35)40-37(27-39-41(42(40)43)34-19-9-11-22-38(34)45-39)44(36-21-12-16-30-15-6-7-17-32(30)36)31-25-23-29(24-26-31)28-13-4-3-5-14-28/h3-27H,1-2H3. The Morgan fingerprint density at radius 2 is 1.20 bits per heavy atom. The van der Waals surface area contributed by atoms with Crippen LogP contribution in [0.25, 0.3) is 55.0 Å². The molecule has 1 heterocycles. The summed E-state index contributed by atoms with van der Waals surface area (Å²) in [5.74, 6) is 0. The number of rotatable bonds is 4. The first-order chi connectivity index (χ1) is 22.1. The number of para-hydroxylation sites is 1. The molecule has 0 saturated heterocycles. The highest BCUT2D eigenvalue weighted by molar-refractivity contribution is 6.15. The van der Waals surface area contributed by atoms with Crippen LogP contribution in [0.15, 0.2) is 156 Å². The van der Waals surface area contributed by atoms with Crippen LogP contribution >= 0.6 is 0 Å². The monoisotopic (exact) mass is 577 g/mol. The summed E-state index contributed by atoms with van der Waals surface area (Å²) in [4.78, 5) is 2.45. The van der Waals surface area contributed by atoms with E-state index in [2.05, 4.69) is 170 Å². The van der Waals surface area contributed by atoms with Gasteiger partial charge in [0, 0.05) is 38.9 Å². The predicted molar refractivity (Wildman–Crippen MR) is 189 cm³/mol. The van der Waals surface area contributed by atoms with E-state index >= 15 is 0 Å². The van der Waals surface area contributed by atoms with Gasteiger partial charge in [0.25, 0.3) is 0 Å². The number of anilines is 3. The Labute approximate surface area is 262 Å². The summed E-state index contributed by atoms with van der Waals surface area (Å²) < 4.78 is 6.67.